The number of pyridine rings is 1. The number of nitriles is 1. The molecule has 2 atom stereocenters. The third kappa shape index (κ3) is 8.75. The number of rotatable bonds is 13. The molecule has 0 radical (unpaired) electrons. The molecule has 0 saturated carbocycles. The summed E-state index contributed by atoms with van der Waals surface area (Å²) in [5.41, 5.74) is 0.983. The number of carboxylic acids is 1. The summed E-state index contributed by atoms with van der Waals surface area (Å²) in [4.78, 5) is 64.9. The van der Waals surface area contributed by atoms with Crippen LogP contribution < -0.4 is 20.9 Å². The van der Waals surface area contributed by atoms with Crippen LogP contribution in [-0.2, 0) is 19.1 Å². The number of ether oxygens (including phenoxy) is 2. The molecule has 0 bridgehead atoms. The van der Waals surface area contributed by atoms with Gasteiger partial charge in [0.1, 0.15) is 18.4 Å². The molecule has 2 unspecified atom stereocenters. The number of methoxy groups -OCH3 is 1. The Bertz CT molecular complexity index is 1750. The van der Waals surface area contributed by atoms with Crippen LogP contribution in [0.15, 0.2) is 59.5 Å². The number of anilines is 1. The summed E-state index contributed by atoms with van der Waals surface area (Å²) in [7, 11) is 1.41. The lowest BCUT2D eigenvalue weighted by Crippen LogP contribution is -2.47. The molecular formula is C33H34ClN5O8. The van der Waals surface area contributed by atoms with Gasteiger partial charge in [-0.25, -0.2) is 9.59 Å². The van der Waals surface area contributed by atoms with Gasteiger partial charge in [0.2, 0.25) is 11.8 Å². The second-order valence-corrected chi connectivity index (χ2v) is 11.3. The molecule has 1 fully saturated rings. The Morgan fingerprint density at radius 3 is 2.38 bits per heavy atom. The van der Waals surface area contributed by atoms with Gasteiger partial charge in [0.25, 0.3) is 5.56 Å². The van der Waals surface area contributed by atoms with Crippen LogP contribution in [0.4, 0.5) is 5.69 Å². The van der Waals surface area contributed by atoms with Crippen molar-refractivity contribution in [2.45, 2.75) is 38.3 Å². The van der Waals surface area contributed by atoms with E-state index in [2.05, 4.69) is 16.7 Å². The molecule has 2 amide bonds. The average Bonchev–Trinajstić information content (AvgIpc) is 3.56. The highest BCUT2D eigenvalue weighted by atomic mass is 35.5. The minimum absolute atomic E-state index is 0.0729. The Kier molecular flexibility index (Phi) is 11.7. The summed E-state index contributed by atoms with van der Waals surface area (Å²) in [5.74, 6) is -2.86. The number of nitrogens with zero attached hydrogens (tertiary/aromatic N) is 3. The highest BCUT2D eigenvalue weighted by Crippen LogP contribution is 2.33. The number of hydrogen-bond donors (Lipinski definition) is 3. The van der Waals surface area contributed by atoms with E-state index < -0.39 is 48.0 Å². The molecule has 2 heterocycles. The topological polar surface area (TPSA) is 180 Å². The molecule has 1 saturated heterocycles. The zero-order valence-corrected chi connectivity index (χ0v) is 26.6. The lowest BCUT2D eigenvalue weighted by atomic mass is 10.00. The van der Waals surface area contributed by atoms with Gasteiger partial charge in [-0.2, -0.15) is 5.26 Å². The first-order valence-corrected chi connectivity index (χ1v) is 15.2. The van der Waals surface area contributed by atoms with E-state index >= 15 is 0 Å². The highest BCUT2D eigenvalue weighted by molar-refractivity contribution is 6.31. The van der Waals surface area contributed by atoms with Crippen LogP contribution in [-0.4, -0.2) is 77.7 Å². The Balaban J connectivity index is 1.41. The highest BCUT2D eigenvalue weighted by Gasteiger charge is 2.25. The van der Waals surface area contributed by atoms with E-state index in [0.29, 0.717) is 27.4 Å². The number of hydrogen-bond acceptors (Lipinski definition) is 9. The molecule has 13 nitrogen and oxygen atoms in total. The summed E-state index contributed by atoms with van der Waals surface area (Å²) >= 11 is 6.14. The van der Waals surface area contributed by atoms with Crippen molar-refractivity contribution in [2.75, 3.05) is 38.7 Å². The Morgan fingerprint density at radius 1 is 1.06 bits per heavy atom. The quantitative estimate of drug-likeness (QED) is 0.229. The molecule has 246 valence electrons. The number of nitrogens with one attached hydrogen (secondary N) is 2. The first-order valence-electron chi connectivity index (χ1n) is 14.9. The van der Waals surface area contributed by atoms with Gasteiger partial charge in [0.15, 0.2) is 6.04 Å². The van der Waals surface area contributed by atoms with Crippen molar-refractivity contribution in [3.63, 3.8) is 0 Å². The van der Waals surface area contributed by atoms with Gasteiger partial charge in [-0.3, -0.25) is 23.9 Å². The predicted octanol–water partition coefficient (Wildman–Crippen LogP) is 3.46. The van der Waals surface area contributed by atoms with E-state index in [1.807, 2.05) is 4.90 Å². The van der Waals surface area contributed by atoms with Crippen LogP contribution in [0, 0.1) is 11.3 Å². The third-order valence-corrected chi connectivity index (χ3v) is 7.88. The second-order valence-electron chi connectivity index (χ2n) is 10.8. The standard InChI is InChI=1S/C33H34ClN5O8/c1-3-27(39-17-28(46-2)25(15-30(39)41)24-14-22(34)9-6-21(24)16-35)31(42)36-23-10-7-20(8-11-23)33(45)47-19-26(32(43)44)37-29(40)18-38-12-4-5-13-38/h6-11,14-15,17,26-27H,3-5,12-13,18-19H2,1-2H3,(H,36,42)(H,37,40)(H,43,44). The Labute approximate surface area is 275 Å². The monoisotopic (exact) mass is 663 g/mol. The van der Waals surface area contributed by atoms with Crippen molar-refractivity contribution in [1.82, 2.24) is 14.8 Å². The maximum atomic E-state index is 13.3. The molecule has 0 aliphatic carbocycles. The number of esters is 1. The van der Waals surface area contributed by atoms with Crippen molar-refractivity contribution in [2.24, 2.45) is 0 Å². The van der Waals surface area contributed by atoms with Gasteiger partial charge < -0.3 is 25.2 Å². The van der Waals surface area contributed by atoms with Crippen molar-refractivity contribution in [3.05, 3.63) is 81.2 Å². The zero-order chi connectivity index (χ0) is 34.1. The van der Waals surface area contributed by atoms with Crippen molar-refractivity contribution >= 4 is 41.0 Å². The average molecular weight is 664 g/mol. The number of aromatic nitrogens is 1. The number of likely N-dealkylation sites (tertiary alicyclic amines) is 1. The number of carboxylic acid groups (broad SMARTS) is 1. The lowest BCUT2D eigenvalue weighted by Gasteiger charge is -2.20. The number of carbonyl (C=O) groups excluding carboxylic acids is 3. The Morgan fingerprint density at radius 2 is 1.77 bits per heavy atom. The number of halogens is 1. The zero-order valence-electron chi connectivity index (χ0n) is 25.8. The van der Waals surface area contributed by atoms with E-state index in [1.54, 1.807) is 25.1 Å². The molecule has 47 heavy (non-hydrogen) atoms. The number of amides is 2. The smallest absolute Gasteiger partial charge is 0.338 e. The summed E-state index contributed by atoms with van der Waals surface area (Å²) in [5, 5.41) is 24.5. The van der Waals surface area contributed by atoms with Gasteiger partial charge in [-0.05, 0) is 74.8 Å². The molecule has 4 rings (SSSR count). The normalized spacial score (nSPS) is 14.0. The van der Waals surface area contributed by atoms with E-state index in [0.717, 1.165) is 25.9 Å². The van der Waals surface area contributed by atoms with Crippen LogP contribution in [0.25, 0.3) is 11.1 Å². The fraction of sp³-hybridized carbons (Fsp3) is 0.333. The Hall–Kier alpha value is -5.19. The van der Waals surface area contributed by atoms with Gasteiger partial charge in [0, 0.05) is 27.9 Å². The van der Waals surface area contributed by atoms with Crippen LogP contribution in [0.2, 0.25) is 5.02 Å². The van der Waals surface area contributed by atoms with Gasteiger partial charge in [0.05, 0.1) is 37.0 Å². The maximum Gasteiger partial charge on any atom is 0.338 e. The van der Waals surface area contributed by atoms with Crippen LogP contribution in [0.3, 0.4) is 0 Å². The molecule has 0 spiro atoms. The lowest BCUT2D eigenvalue weighted by molar-refractivity contribution is -0.143. The van der Waals surface area contributed by atoms with E-state index in [9.17, 15) is 34.3 Å². The van der Waals surface area contributed by atoms with Crippen LogP contribution >= 0.6 is 11.6 Å². The van der Waals surface area contributed by atoms with Crippen LogP contribution in [0.1, 0.15) is 48.1 Å². The van der Waals surface area contributed by atoms with Crippen molar-refractivity contribution in [3.8, 4) is 22.9 Å². The molecular weight excluding hydrogens is 630 g/mol. The molecule has 1 aliphatic rings. The van der Waals surface area contributed by atoms with Crippen LogP contribution in [0.5, 0.6) is 5.75 Å². The minimum Gasteiger partial charge on any atom is -0.495 e. The predicted molar refractivity (Wildman–Crippen MR) is 172 cm³/mol. The first kappa shape index (κ1) is 34.7. The summed E-state index contributed by atoms with van der Waals surface area (Å²) in [6.07, 6.45) is 3.62. The van der Waals surface area contributed by atoms with Gasteiger partial charge in [-0.15, -0.1) is 0 Å². The first-order chi connectivity index (χ1) is 22.5. The minimum atomic E-state index is -1.41. The maximum absolute atomic E-state index is 13.3. The second kappa shape index (κ2) is 15.9. The fourth-order valence-corrected chi connectivity index (χ4v) is 5.38. The van der Waals surface area contributed by atoms with Gasteiger partial charge in [-0.1, -0.05) is 18.5 Å². The number of benzene rings is 2. The number of aliphatic carboxylic acids is 1. The summed E-state index contributed by atoms with van der Waals surface area (Å²) in [6.45, 7) is 2.78. The summed E-state index contributed by atoms with van der Waals surface area (Å²) in [6, 6.07) is 11.4. The molecule has 1 aliphatic heterocycles. The molecule has 3 aromatic rings. The SMILES string of the molecule is CCC(C(=O)Nc1ccc(C(=O)OCC(NC(=O)CN2CCCC2)C(=O)O)cc1)n1cc(OC)c(-c2cc(Cl)ccc2C#N)cc1=O. The van der Waals surface area contributed by atoms with Gasteiger partial charge >= 0.3 is 11.9 Å². The largest absolute Gasteiger partial charge is 0.495 e. The van der Waals surface area contributed by atoms with Crippen molar-refractivity contribution in [1.29, 1.82) is 5.26 Å². The molecule has 3 N–H and O–H groups in total. The summed E-state index contributed by atoms with van der Waals surface area (Å²) < 4.78 is 11.9. The third-order valence-electron chi connectivity index (χ3n) is 7.65. The fourth-order valence-electron chi connectivity index (χ4n) is 5.21. The molecule has 14 heteroatoms. The van der Waals surface area contributed by atoms with Crippen molar-refractivity contribution < 1.29 is 33.8 Å². The molecule has 2 aromatic carbocycles. The van der Waals surface area contributed by atoms with E-state index in [1.165, 1.54) is 48.2 Å². The number of carbonyl (C=O) groups is 4. The van der Waals surface area contributed by atoms with E-state index in [-0.39, 0.29) is 24.3 Å². The van der Waals surface area contributed by atoms with E-state index in [4.69, 9.17) is 21.1 Å². The molecule has 1 aromatic heterocycles.